The molecule has 0 spiro atoms. The molecule has 11 aromatic carbocycles. The summed E-state index contributed by atoms with van der Waals surface area (Å²) in [6, 6.07) is 74.5. The zero-order valence-electron chi connectivity index (χ0n) is 55.5. The number of carboxylic acid groups (broad SMARTS) is 2. The summed E-state index contributed by atoms with van der Waals surface area (Å²) in [7, 11) is 0. The highest BCUT2D eigenvalue weighted by atomic mass is 16.5. The summed E-state index contributed by atoms with van der Waals surface area (Å²) < 4.78 is 10.8. The Labute approximate surface area is 571 Å². The zero-order chi connectivity index (χ0) is 69.2. The van der Waals surface area contributed by atoms with Crippen LogP contribution < -0.4 is 26.7 Å². The topological polar surface area (TPSA) is 247 Å². The van der Waals surface area contributed by atoms with E-state index in [4.69, 9.17) is 41.6 Å². The van der Waals surface area contributed by atoms with Crippen molar-refractivity contribution in [2.75, 3.05) is 23.8 Å². The van der Waals surface area contributed by atoms with E-state index in [9.17, 15) is 29.7 Å². The average Bonchev–Trinajstić information content (AvgIpc) is 0.795. The van der Waals surface area contributed by atoms with Gasteiger partial charge in [-0.3, -0.25) is 4.79 Å². The van der Waals surface area contributed by atoms with E-state index in [1.165, 1.54) is 36.8 Å². The van der Waals surface area contributed by atoms with E-state index < -0.39 is 11.9 Å². The number of carbonyl (C=O) groups excluding carboxylic acids is 1. The molecule has 9 N–H and O–H groups in total. The van der Waals surface area contributed by atoms with Crippen molar-refractivity contribution in [3.8, 4) is 118 Å². The van der Waals surface area contributed by atoms with Gasteiger partial charge in [-0.2, -0.15) is 0 Å². The fourth-order valence-corrected chi connectivity index (χ4v) is 11.4. The van der Waals surface area contributed by atoms with Crippen molar-refractivity contribution in [3.05, 3.63) is 270 Å². The standard InChI is InChI=1S/C33H39N3O2.C27H18O6.C24H21N3/c1-6-7-8-9-10-11-18-38-26-14-17-29(30(37)21-26)33-35-31(27-15-12-22(2)19-24(27)4)34-32(36-33)28-16-13-23(3)20-25(28)5;28-16-33-25-11-9-19(10-12-25)24-14-22(17-1-5-20(6-2-17)26(29)30)13-23(15-24)18-3-7-21(8-4-18)27(31)32;25-22-7-1-16(2-8-22)19-13-20(17-3-9-23(26)10-4-17)15-21(14-19)18-5-11-24(27)12-6-18/h12-17,19-21,37H,6-11,18H2,1-5H3;1-16H,(H,29,30)(H,31,32);1-15H,25-27H2. The largest absolute Gasteiger partial charge is 0.507 e. The number of ether oxygens (including phenoxy) is 2. The number of nitrogen functional groups attached to an aromatic ring is 3. The Morgan fingerprint density at radius 3 is 1.03 bits per heavy atom. The number of nitrogens with two attached hydrogens (primary N) is 3. The minimum absolute atomic E-state index is 0.0924. The van der Waals surface area contributed by atoms with E-state index in [0.29, 0.717) is 47.6 Å². The van der Waals surface area contributed by atoms with Crippen molar-refractivity contribution >= 4 is 35.5 Å². The molecule has 0 aliphatic carbocycles. The van der Waals surface area contributed by atoms with E-state index in [0.717, 1.165) is 119 Å². The number of hydrogen-bond donors (Lipinski definition) is 6. The fourth-order valence-electron chi connectivity index (χ4n) is 11.4. The molecular weight excluding hydrogens is 1220 g/mol. The Kier molecular flexibility index (Phi) is 22.7. The molecule has 1 heterocycles. The van der Waals surface area contributed by atoms with Gasteiger partial charge in [0.05, 0.1) is 23.3 Å². The lowest BCUT2D eigenvalue weighted by Gasteiger charge is -2.13. The molecule has 0 aliphatic rings. The predicted molar refractivity (Wildman–Crippen MR) is 395 cm³/mol. The van der Waals surface area contributed by atoms with E-state index in [1.807, 2.05) is 115 Å². The third kappa shape index (κ3) is 18.0. The van der Waals surface area contributed by atoms with Crippen LogP contribution in [0.3, 0.4) is 0 Å². The van der Waals surface area contributed by atoms with Gasteiger partial charge >= 0.3 is 11.9 Å². The molecule has 0 amide bonds. The number of hydrogen-bond acceptors (Lipinski definition) is 12. The Morgan fingerprint density at radius 2 is 0.694 bits per heavy atom. The Balaban J connectivity index is 0.000000161. The van der Waals surface area contributed by atoms with Crippen molar-refractivity contribution in [2.24, 2.45) is 0 Å². The number of phenols is 1. The van der Waals surface area contributed by atoms with Gasteiger partial charge in [0.2, 0.25) is 0 Å². The van der Waals surface area contributed by atoms with Gasteiger partial charge in [-0.25, -0.2) is 24.5 Å². The number of anilines is 3. The molecule has 12 aromatic rings. The average molecular weight is 1300 g/mol. The quantitative estimate of drug-likeness (QED) is 0.0223. The molecule has 0 atom stereocenters. The van der Waals surface area contributed by atoms with Gasteiger partial charge in [0.15, 0.2) is 17.5 Å². The minimum atomic E-state index is -0.993. The second-order valence-corrected chi connectivity index (χ2v) is 24.2. The summed E-state index contributed by atoms with van der Waals surface area (Å²) in [4.78, 5) is 47.5. The molecule has 492 valence electrons. The molecule has 98 heavy (non-hydrogen) atoms. The molecule has 12 rings (SSSR count). The lowest BCUT2D eigenvalue weighted by molar-refractivity contribution is -0.120. The number of carbonyl (C=O) groups is 3. The maximum atomic E-state index is 11.2. The molecule has 0 saturated carbocycles. The van der Waals surface area contributed by atoms with Crippen molar-refractivity contribution in [3.63, 3.8) is 0 Å². The number of phenolic OH excluding ortho intramolecular Hbond substituents is 1. The first kappa shape index (κ1) is 68.7. The second-order valence-electron chi connectivity index (χ2n) is 24.2. The summed E-state index contributed by atoms with van der Waals surface area (Å²) >= 11 is 0. The Morgan fingerprint density at radius 1 is 0.378 bits per heavy atom. The summed E-state index contributed by atoms with van der Waals surface area (Å²) in [5.41, 5.74) is 39.2. The van der Waals surface area contributed by atoms with Gasteiger partial charge in [0.25, 0.3) is 6.47 Å². The van der Waals surface area contributed by atoms with Gasteiger partial charge in [0.1, 0.15) is 17.2 Å². The number of aromatic hydroxyl groups is 1. The summed E-state index contributed by atoms with van der Waals surface area (Å²) in [5, 5.41) is 29.3. The maximum absolute atomic E-state index is 11.2. The minimum Gasteiger partial charge on any atom is -0.507 e. The Hall–Kier alpha value is -12.2. The highest BCUT2D eigenvalue weighted by Crippen LogP contribution is 2.38. The lowest BCUT2D eigenvalue weighted by Crippen LogP contribution is -2.02. The molecule has 0 bridgehead atoms. The van der Waals surface area contributed by atoms with Crippen LogP contribution in [-0.4, -0.2) is 55.3 Å². The SMILES string of the molecule is CCCCCCCCOc1ccc(-c2nc(-c3ccc(C)cc3C)nc(-c3ccc(C)cc3C)n2)c(O)c1.Nc1ccc(-c2cc(-c3ccc(N)cc3)cc(-c3ccc(N)cc3)c2)cc1.O=COc1ccc(-c2cc(-c3ccc(C(=O)O)cc3)cc(-c3ccc(C(=O)O)cc3)c2)cc1. The number of nitrogens with zero attached hydrogens (tertiary/aromatic N) is 3. The maximum Gasteiger partial charge on any atom is 0.335 e. The summed E-state index contributed by atoms with van der Waals surface area (Å²) in [5.74, 6) is 0.797. The number of aryl methyl sites for hydroxylation is 4. The van der Waals surface area contributed by atoms with Gasteiger partial charge in [-0.15, -0.1) is 0 Å². The number of aromatic carboxylic acids is 2. The zero-order valence-corrected chi connectivity index (χ0v) is 55.5. The fraction of sp³-hybridized carbons (Fsp3) is 0.143. The van der Waals surface area contributed by atoms with E-state index in [-0.39, 0.29) is 16.9 Å². The molecule has 0 unspecified atom stereocenters. The smallest absolute Gasteiger partial charge is 0.335 e. The van der Waals surface area contributed by atoms with Crippen LogP contribution in [0.4, 0.5) is 17.1 Å². The molecule has 0 aliphatic heterocycles. The normalized spacial score (nSPS) is 10.7. The monoisotopic (exact) mass is 1300 g/mol. The van der Waals surface area contributed by atoms with Crippen LogP contribution in [-0.2, 0) is 4.79 Å². The van der Waals surface area contributed by atoms with Gasteiger partial charge in [-0.1, -0.05) is 159 Å². The number of rotatable bonds is 21. The van der Waals surface area contributed by atoms with Crippen molar-refractivity contribution in [1.82, 2.24) is 15.0 Å². The van der Waals surface area contributed by atoms with Crippen molar-refractivity contribution in [1.29, 1.82) is 0 Å². The number of benzene rings is 11. The van der Waals surface area contributed by atoms with Crippen LogP contribution in [0.5, 0.6) is 17.2 Å². The third-order valence-corrected chi connectivity index (χ3v) is 16.8. The van der Waals surface area contributed by atoms with Crippen LogP contribution in [0.1, 0.15) is 88.4 Å². The van der Waals surface area contributed by atoms with Gasteiger partial charge in [-0.05, 0) is 233 Å². The van der Waals surface area contributed by atoms with Gasteiger partial charge < -0.3 is 42.0 Å². The van der Waals surface area contributed by atoms with Crippen LogP contribution in [0.25, 0.3) is 101 Å². The number of unbranched alkanes of at least 4 members (excludes halogenated alkanes) is 5. The third-order valence-electron chi connectivity index (χ3n) is 16.8. The highest BCUT2D eigenvalue weighted by Gasteiger charge is 2.19. The van der Waals surface area contributed by atoms with Gasteiger partial charge in [0, 0.05) is 34.3 Å². The summed E-state index contributed by atoms with van der Waals surface area (Å²) in [6.07, 6.45) is 7.25. The van der Waals surface area contributed by atoms with Crippen LogP contribution >= 0.6 is 0 Å². The predicted octanol–water partition coefficient (Wildman–Crippen LogP) is 19.6. The Bertz CT molecular complexity index is 4450. The van der Waals surface area contributed by atoms with E-state index in [2.05, 4.69) is 89.2 Å². The molecular formula is C84H78N6O8. The van der Waals surface area contributed by atoms with Crippen molar-refractivity contribution < 1.29 is 39.2 Å². The summed E-state index contributed by atoms with van der Waals surface area (Å²) in [6.45, 7) is 11.5. The molecule has 0 saturated heterocycles. The van der Waals surface area contributed by atoms with E-state index in [1.54, 1.807) is 66.7 Å². The van der Waals surface area contributed by atoms with Crippen LogP contribution in [0, 0.1) is 27.7 Å². The highest BCUT2D eigenvalue weighted by molar-refractivity contribution is 5.91. The van der Waals surface area contributed by atoms with Crippen LogP contribution in [0.15, 0.2) is 237 Å². The first-order valence-electron chi connectivity index (χ1n) is 32.5. The molecule has 14 heteroatoms. The first-order chi connectivity index (χ1) is 47.4. The number of carboxylic acids is 2. The lowest BCUT2D eigenvalue weighted by atomic mass is 9.92. The molecule has 14 nitrogen and oxygen atoms in total. The second kappa shape index (κ2) is 32.3. The van der Waals surface area contributed by atoms with Crippen molar-refractivity contribution in [2.45, 2.75) is 73.1 Å². The number of aromatic nitrogens is 3. The van der Waals surface area contributed by atoms with E-state index >= 15 is 0 Å². The molecule has 0 fully saturated rings. The molecule has 1 aromatic heterocycles. The van der Waals surface area contributed by atoms with Crippen LogP contribution in [0.2, 0.25) is 0 Å². The molecule has 0 radical (unpaired) electrons. The first-order valence-corrected chi connectivity index (χ1v) is 32.5.